The molecule has 7 heteroatoms. The van der Waals surface area contributed by atoms with E-state index in [1.807, 2.05) is 0 Å². The standard InChI is InChI=1S/C17H17Cl2N3O2/c18-12-5-13(19)7-14(6-12)22-15-4-11(8-20-9-15)17(23)21-10-16-2-1-3-24-16/h4-9,16,22H,1-3,10H2,(H,21,23). The zero-order valence-electron chi connectivity index (χ0n) is 12.9. The van der Waals surface area contributed by atoms with Crippen molar-refractivity contribution >= 4 is 40.5 Å². The Morgan fingerprint density at radius 1 is 1.17 bits per heavy atom. The van der Waals surface area contributed by atoms with Crippen LogP contribution in [0, 0.1) is 0 Å². The van der Waals surface area contributed by atoms with Crippen molar-refractivity contribution in [2.24, 2.45) is 0 Å². The topological polar surface area (TPSA) is 63.2 Å². The van der Waals surface area contributed by atoms with E-state index in [1.54, 1.807) is 30.5 Å². The highest BCUT2D eigenvalue weighted by Crippen LogP contribution is 2.25. The van der Waals surface area contributed by atoms with Gasteiger partial charge in [0.2, 0.25) is 0 Å². The molecule has 24 heavy (non-hydrogen) atoms. The van der Waals surface area contributed by atoms with Gasteiger partial charge in [-0.3, -0.25) is 9.78 Å². The first-order chi connectivity index (χ1) is 11.6. The highest BCUT2D eigenvalue weighted by atomic mass is 35.5. The van der Waals surface area contributed by atoms with E-state index in [4.69, 9.17) is 27.9 Å². The molecule has 2 N–H and O–H groups in total. The Bertz CT molecular complexity index is 713. The van der Waals surface area contributed by atoms with Crippen molar-refractivity contribution < 1.29 is 9.53 Å². The molecule has 0 aliphatic carbocycles. The molecule has 0 bridgehead atoms. The summed E-state index contributed by atoms with van der Waals surface area (Å²) < 4.78 is 5.50. The summed E-state index contributed by atoms with van der Waals surface area (Å²) >= 11 is 12.0. The minimum absolute atomic E-state index is 0.108. The van der Waals surface area contributed by atoms with Crippen molar-refractivity contribution in [3.8, 4) is 0 Å². The number of hydrogen-bond donors (Lipinski definition) is 2. The highest BCUT2D eigenvalue weighted by Gasteiger charge is 2.17. The molecule has 1 aromatic carbocycles. The summed E-state index contributed by atoms with van der Waals surface area (Å²) in [7, 11) is 0. The van der Waals surface area contributed by atoms with Gasteiger partial charge in [0.1, 0.15) is 0 Å². The van der Waals surface area contributed by atoms with Gasteiger partial charge in [-0.15, -0.1) is 0 Å². The number of amides is 1. The summed E-state index contributed by atoms with van der Waals surface area (Å²) in [5, 5.41) is 7.08. The quantitative estimate of drug-likeness (QED) is 0.838. The summed E-state index contributed by atoms with van der Waals surface area (Å²) in [6, 6.07) is 6.88. The van der Waals surface area contributed by atoms with E-state index in [-0.39, 0.29) is 12.0 Å². The summed E-state index contributed by atoms with van der Waals surface area (Å²) in [6.45, 7) is 1.28. The Morgan fingerprint density at radius 3 is 2.67 bits per heavy atom. The Kier molecular flexibility index (Phi) is 5.56. The number of hydrogen-bond acceptors (Lipinski definition) is 4. The molecule has 3 rings (SSSR count). The number of ether oxygens (including phenoxy) is 1. The number of halogens is 2. The van der Waals surface area contributed by atoms with Crippen LogP contribution >= 0.6 is 23.2 Å². The molecule has 2 heterocycles. The van der Waals surface area contributed by atoms with Crippen molar-refractivity contribution in [2.45, 2.75) is 18.9 Å². The van der Waals surface area contributed by atoms with Crippen LogP contribution in [0.2, 0.25) is 10.0 Å². The molecule has 1 unspecified atom stereocenters. The van der Waals surface area contributed by atoms with Crippen LogP contribution in [0.1, 0.15) is 23.2 Å². The van der Waals surface area contributed by atoms with Crippen LogP contribution in [-0.4, -0.2) is 30.1 Å². The van der Waals surface area contributed by atoms with Gasteiger partial charge < -0.3 is 15.4 Å². The van der Waals surface area contributed by atoms with Crippen LogP contribution in [0.25, 0.3) is 0 Å². The highest BCUT2D eigenvalue weighted by molar-refractivity contribution is 6.35. The van der Waals surface area contributed by atoms with Crippen molar-refractivity contribution in [3.05, 3.63) is 52.3 Å². The van der Waals surface area contributed by atoms with E-state index >= 15 is 0 Å². The Hall–Kier alpha value is -1.82. The van der Waals surface area contributed by atoms with E-state index < -0.39 is 0 Å². The molecule has 1 aliphatic heterocycles. The largest absolute Gasteiger partial charge is 0.376 e. The third kappa shape index (κ3) is 4.60. The number of nitrogens with zero attached hydrogens (tertiary/aromatic N) is 1. The number of anilines is 2. The van der Waals surface area contributed by atoms with Crippen LogP contribution in [0.4, 0.5) is 11.4 Å². The molecule has 2 aromatic rings. The Balaban J connectivity index is 1.65. The molecule has 1 aromatic heterocycles. The number of pyridine rings is 1. The van der Waals surface area contributed by atoms with E-state index in [0.29, 0.717) is 27.8 Å². The van der Waals surface area contributed by atoms with Crippen LogP contribution < -0.4 is 10.6 Å². The summed E-state index contributed by atoms with van der Waals surface area (Å²) in [5.41, 5.74) is 1.88. The van der Waals surface area contributed by atoms with Crippen LogP contribution in [0.5, 0.6) is 0 Å². The van der Waals surface area contributed by atoms with Gasteiger partial charge in [0.25, 0.3) is 5.91 Å². The Labute approximate surface area is 150 Å². The lowest BCUT2D eigenvalue weighted by Crippen LogP contribution is -2.31. The van der Waals surface area contributed by atoms with Gasteiger partial charge in [-0.05, 0) is 37.1 Å². The third-order valence-electron chi connectivity index (χ3n) is 3.67. The predicted molar refractivity (Wildman–Crippen MR) is 95.3 cm³/mol. The number of aromatic nitrogens is 1. The summed E-state index contributed by atoms with van der Waals surface area (Å²) in [5.74, 6) is -0.175. The molecule has 126 valence electrons. The number of rotatable bonds is 5. The minimum atomic E-state index is -0.175. The third-order valence-corrected chi connectivity index (χ3v) is 4.10. The van der Waals surface area contributed by atoms with Crippen LogP contribution in [0.15, 0.2) is 36.7 Å². The molecule has 0 spiro atoms. The molecular weight excluding hydrogens is 349 g/mol. The van der Waals surface area contributed by atoms with Gasteiger partial charge in [0, 0.05) is 35.1 Å². The van der Waals surface area contributed by atoms with Crippen LogP contribution in [-0.2, 0) is 4.74 Å². The average molecular weight is 366 g/mol. The molecule has 1 aliphatic rings. The molecule has 1 fully saturated rings. The van der Waals surface area contributed by atoms with Gasteiger partial charge in [0.05, 0.1) is 23.6 Å². The molecular formula is C17H17Cl2N3O2. The minimum Gasteiger partial charge on any atom is -0.376 e. The predicted octanol–water partition coefficient (Wildman–Crippen LogP) is 4.04. The molecule has 1 amide bonds. The summed E-state index contributed by atoms with van der Waals surface area (Å²) in [4.78, 5) is 16.3. The first-order valence-electron chi connectivity index (χ1n) is 7.68. The first kappa shape index (κ1) is 17.0. The summed E-state index contributed by atoms with van der Waals surface area (Å²) in [6.07, 6.45) is 5.29. The molecule has 1 saturated heterocycles. The van der Waals surface area contributed by atoms with Crippen molar-refractivity contribution in [2.75, 3.05) is 18.5 Å². The van der Waals surface area contributed by atoms with E-state index in [2.05, 4.69) is 15.6 Å². The molecule has 5 nitrogen and oxygen atoms in total. The lowest BCUT2D eigenvalue weighted by atomic mass is 10.2. The van der Waals surface area contributed by atoms with Gasteiger partial charge in [-0.2, -0.15) is 0 Å². The Morgan fingerprint density at radius 2 is 1.96 bits per heavy atom. The lowest BCUT2D eigenvalue weighted by Gasteiger charge is -2.12. The number of nitrogens with one attached hydrogen (secondary N) is 2. The SMILES string of the molecule is O=C(NCC1CCCO1)c1cncc(Nc2cc(Cl)cc(Cl)c2)c1. The second kappa shape index (κ2) is 7.83. The maximum absolute atomic E-state index is 12.2. The normalized spacial score (nSPS) is 16.8. The maximum Gasteiger partial charge on any atom is 0.253 e. The van der Waals surface area contributed by atoms with Gasteiger partial charge in [0.15, 0.2) is 0 Å². The molecule has 0 radical (unpaired) electrons. The fourth-order valence-corrected chi connectivity index (χ4v) is 3.07. The second-order valence-corrected chi connectivity index (χ2v) is 6.46. The van der Waals surface area contributed by atoms with Crippen molar-refractivity contribution in [1.82, 2.24) is 10.3 Å². The fraction of sp³-hybridized carbons (Fsp3) is 0.294. The van der Waals surface area contributed by atoms with Gasteiger partial charge in [-0.1, -0.05) is 23.2 Å². The molecule has 0 saturated carbocycles. The lowest BCUT2D eigenvalue weighted by molar-refractivity contribution is 0.0857. The monoisotopic (exact) mass is 365 g/mol. The number of benzene rings is 1. The smallest absolute Gasteiger partial charge is 0.253 e. The first-order valence-corrected chi connectivity index (χ1v) is 8.44. The van der Waals surface area contributed by atoms with Crippen LogP contribution in [0.3, 0.4) is 0 Å². The average Bonchev–Trinajstić information content (AvgIpc) is 3.05. The van der Waals surface area contributed by atoms with Crippen molar-refractivity contribution in [3.63, 3.8) is 0 Å². The number of carbonyl (C=O) groups excluding carboxylic acids is 1. The van der Waals surface area contributed by atoms with E-state index in [9.17, 15) is 4.79 Å². The second-order valence-electron chi connectivity index (χ2n) is 5.59. The maximum atomic E-state index is 12.2. The van der Waals surface area contributed by atoms with E-state index in [1.165, 1.54) is 6.20 Å². The zero-order chi connectivity index (χ0) is 16.9. The fourth-order valence-electron chi connectivity index (χ4n) is 2.54. The van der Waals surface area contributed by atoms with Crippen molar-refractivity contribution in [1.29, 1.82) is 0 Å². The van der Waals surface area contributed by atoms with Gasteiger partial charge >= 0.3 is 0 Å². The molecule has 1 atom stereocenters. The number of carbonyl (C=O) groups is 1. The zero-order valence-corrected chi connectivity index (χ0v) is 14.4. The van der Waals surface area contributed by atoms with Gasteiger partial charge in [-0.25, -0.2) is 0 Å². The van der Waals surface area contributed by atoms with E-state index in [0.717, 1.165) is 25.1 Å².